The molecule has 0 unspecified atom stereocenters. The molecule has 25 aromatic rings. The molecule has 30 rings (SSSR count). The lowest BCUT2D eigenvalue weighted by molar-refractivity contribution is 0.824. The van der Waals surface area contributed by atoms with Gasteiger partial charge in [-0.2, -0.15) is 0 Å². The third kappa shape index (κ3) is 11.4. The van der Waals surface area contributed by atoms with E-state index in [9.17, 15) is 0 Å². The summed E-state index contributed by atoms with van der Waals surface area (Å²) in [5, 5.41) is 27.3. The monoisotopic (exact) mass is 1670 g/mol. The van der Waals surface area contributed by atoms with Crippen molar-refractivity contribution >= 4 is 163 Å². The predicted molar refractivity (Wildman–Crippen MR) is 554 cm³/mol. The molecule has 0 aliphatic heterocycles. The molecule has 0 N–H and O–H groups in total. The summed E-state index contributed by atoms with van der Waals surface area (Å²) in [4.78, 5) is 0. The van der Waals surface area contributed by atoms with Gasteiger partial charge in [-0.25, -0.2) is 0 Å². The number of fused-ring (bicyclic) bond motifs is 42. The topological polar surface area (TPSA) is 24.6 Å². The minimum absolute atomic E-state index is 0.989. The molecule has 0 bridgehead atoms. The average Bonchev–Trinajstić information content (AvgIpc) is 1.57. The van der Waals surface area contributed by atoms with Crippen LogP contribution in [-0.2, 0) is 64.8 Å². The van der Waals surface area contributed by atoms with Gasteiger partial charge in [0.1, 0.15) is 0 Å². The second-order valence-corrected chi connectivity index (χ2v) is 36.4. The Hall–Kier alpha value is -15.3. The van der Waals surface area contributed by atoms with E-state index in [1.54, 1.807) is 0 Å². The van der Waals surface area contributed by atoms with Crippen LogP contribution in [0.25, 0.3) is 219 Å². The van der Waals surface area contributed by atoms with E-state index < -0.39 is 0 Å². The molecular weight excluding hydrogens is 1570 g/mol. The molecule has 20 aromatic carbocycles. The van der Waals surface area contributed by atoms with E-state index in [-0.39, 0.29) is 0 Å². The molecule has 0 atom stereocenters. The standard InChI is InChI=1S/5C25H19N/c1-2-26-23-10-6-5-9-20(23)21-12-11-18-14-19-13-16-7-3-4-8-17(16)15-22(19)24(18)25(21)26;1-2-26-24-10-6-5-9-20(24)21-12-11-19-22-14-17-8-4-3-7-16(17)13-18(22)15-23(19)25(21)26;1-2-26-23-10-6-5-9-20(23)22-14-18-13-17-12-11-16-7-3-4-8-19(16)25(17)21(18)15-24(22)26;1-2-26-21-10-6-5-9-20(21)25-22(26)14-13-18-15-17-12-11-16-7-3-4-8-19(16)23(17)24(18)25;1-2-26-22-10-6-5-9-20(22)25-21-15-17-12-11-16-7-3-4-8-18(16)24(17)19(21)13-14-23(25)26/h3-13,15H,2,14H2,1H3;3-14H,2,15H2,1H3;3-12,14-15H,2,13H2,1H3;2*3-14H,2,15H2,1H3. The first-order valence-corrected chi connectivity index (χ1v) is 47.0. The Kier molecular flexibility index (Phi) is 17.5. The number of para-hydroxylation sites is 5. The molecule has 5 nitrogen and oxygen atoms in total. The minimum Gasteiger partial charge on any atom is -0.341 e. The van der Waals surface area contributed by atoms with Gasteiger partial charge in [0.15, 0.2) is 0 Å². The first-order chi connectivity index (χ1) is 64.3. The van der Waals surface area contributed by atoms with Crippen molar-refractivity contribution in [3.8, 4) is 55.6 Å². The van der Waals surface area contributed by atoms with Crippen molar-refractivity contribution in [3.05, 3.63) is 420 Å². The molecule has 5 aliphatic rings. The number of aromatic nitrogens is 5. The molecule has 5 heteroatoms. The van der Waals surface area contributed by atoms with Gasteiger partial charge in [-0.15, -0.1) is 0 Å². The summed E-state index contributed by atoms with van der Waals surface area (Å²) < 4.78 is 12.3. The lowest BCUT2D eigenvalue weighted by Crippen LogP contribution is -1.96. The van der Waals surface area contributed by atoms with Crippen LogP contribution in [0, 0.1) is 0 Å². The van der Waals surface area contributed by atoms with E-state index in [2.05, 4.69) is 421 Å². The summed E-state index contributed by atoms with van der Waals surface area (Å²) in [6, 6.07) is 135. The number of nitrogens with zero attached hydrogens (tertiary/aromatic N) is 5. The van der Waals surface area contributed by atoms with E-state index in [1.807, 2.05) is 0 Å². The summed E-state index contributed by atoms with van der Waals surface area (Å²) in [5.41, 5.74) is 42.6. The lowest BCUT2D eigenvalue weighted by atomic mass is 9.95. The quantitative estimate of drug-likeness (QED) is 0.164. The van der Waals surface area contributed by atoms with E-state index in [0.29, 0.717) is 0 Å². The highest BCUT2D eigenvalue weighted by Crippen LogP contribution is 2.53. The fraction of sp³-hybridized carbons (Fsp3) is 0.120. The fourth-order valence-corrected chi connectivity index (χ4v) is 24.4. The van der Waals surface area contributed by atoms with Gasteiger partial charge in [-0.1, -0.05) is 297 Å². The highest BCUT2D eigenvalue weighted by Gasteiger charge is 2.32. The van der Waals surface area contributed by atoms with Crippen molar-refractivity contribution in [1.29, 1.82) is 0 Å². The van der Waals surface area contributed by atoms with Crippen LogP contribution in [0.15, 0.2) is 364 Å². The van der Waals surface area contributed by atoms with Gasteiger partial charge in [0.2, 0.25) is 0 Å². The average molecular weight is 1670 g/mol. The predicted octanol–water partition coefficient (Wildman–Crippen LogP) is 32.7. The van der Waals surface area contributed by atoms with Crippen LogP contribution in [-0.4, -0.2) is 22.8 Å². The first-order valence-electron chi connectivity index (χ1n) is 47.0. The lowest BCUT2D eigenvalue weighted by Gasteiger charge is -2.10. The van der Waals surface area contributed by atoms with Crippen LogP contribution < -0.4 is 0 Å². The van der Waals surface area contributed by atoms with E-state index in [1.165, 1.54) is 274 Å². The van der Waals surface area contributed by atoms with Crippen molar-refractivity contribution in [2.45, 2.75) is 99.4 Å². The van der Waals surface area contributed by atoms with Crippen molar-refractivity contribution in [1.82, 2.24) is 22.8 Å². The zero-order valence-electron chi connectivity index (χ0n) is 73.9. The summed E-state index contributed by atoms with van der Waals surface area (Å²) in [5.74, 6) is 0. The highest BCUT2D eigenvalue weighted by molar-refractivity contribution is 6.22. The van der Waals surface area contributed by atoms with Crippen molar-refractivity contribution < 1.29 is 0 Å². The summed E-state index contributed by atoms with van der Waals surface area (Å²) in [7, 11) is 0. The molecule has 5 aliphatic carbocycles. The second-order valence-electron chi connectivity index (χ2n) is 36.4. The molecule has 0 fully saturated rings. The van der Waals surface area contributed by atoms with Gasteiger partial charge in [-0.3, -0.25) is 0 Å². The number of hydrogen-bond donors (Lipinski definition) is 0. The Morgan fingerprint density at radius 2 is 0.508 bits per heavy atom. The van der Waals surface area contributed by atoms with Crippen molar-refractivity contribution in [3.63, 3.8) is 0 Å². The molecule has 0 saturated carbocycles. The second kappa shape index (κ2) is 29.9. The van der Waals surface area contributed by atoms with Gasteiger partial charge in [-0.05, 0) is 287 Å². The molecule has 5 aromatic heterocycles. The summed E-state index contributed by atoms with van der Waals surface area (Å²) in [6.45, 7) is 16.2. The molecule has 620 valence electrons. The number of hydrogen-bond acceptors (Lipinski definition) is 0. The van der Waals surface area contributed by atoms with Crippen LogP contribution in [0.1, 0.15) is 90.3 Å². The van der Waals surface area contributed by atoms with Gasteiger partial charge in [0.25, 0.3) is 0 Å². The van der Waals surface area contributed by atoms with E-state index in [4.69, 9.17) is 0 Å². The summed E-state index contributed by atoms with van der Waals surface area (Å²) >= 11 is 0. The maximum atomic E-state index is 2.50. The van der Waals surface area contributed by atoms with Crippen LogP contribution in [0.5, 0.6) is 0 Å². The number of rotatable bonds is 5. The molecule has 0 amide bonds. The maximum absolute atomic E-state index is 2.50. The molecule has 0 radical (unpaired) electrons. The third-order valence-electron chi connectivity index (χ3n) is 29.9. The Bertz CT molecular complexity index is 9120. The number of benzene rings is 20. The molecule has 5 heterocycles. The highest BCUT2D eigenvalue weighted by atomic mass is 15.0. The normalized spacial score (nSPS) is 12.8. The summed E-state index contributed by atoms with van der Waals surface area (Å²) in [6.07, 6.45) is 5.18. The zero-order chi connectivity index (χ0) is 86.3. The Morgan fingerprint density at radius 1 is 0.169 bits per heavy atom. The van der Waals surface area contributed by atoms with E-state index in [0.717, 1.165) is 64.8 Å². The molecule has 0 spiro atoms. The Morgan fingerprint density at radius 3 is 1.08 bits per heavy atom. The SMILES string of the molecule is CCn1c2ccccc2c2c3c(ccc21)-c1c(ccc2ccccc12)C3.CCn1c2ccccc2c2c3c(ccc21)Cc1ccc2ccccc2c1-3.CCn1c2ccccc2c2cc3c(cc21)-c1c(ccc2ccccc12)C3.CCn1c2ccccc2c2ccc3c(c21)-c1cc2ccccc2cc1C3.CCn1c2ccccc2c2ccc3c(c21)Cc1cc2ccccc2cc1-3. The first kappa shape index (κ1) is 76.0. The van der Waals surface area contributed by atoms with Crippen LogP contribution in [0.3, 0.4) is 0 Å². The van der Waals surface area contributed by atoms with E-state index >= 15 is 0 Å². The molecule has 130 heavy (non-hydrogen) atoms. The Labute approximate surface area is 755 Å². The zero-order valence-corrected chi connectivity index (χ0v) is 73.9. The molecule has 0 saturated heterocycles. The number of aryl methyl sites for hydroxylation is 5. The van der Waals surface area contributed by atoms with Gasteiger partial charge in [0, 0.05) is 143 Å². The van der Waals surface area contributed by atoms with Crippen molar-refractivity contribution in [2.24, 2.45) is 0 Å². The minimum atomic E-state index is 0.989. The van der Waals surface area contributed by atoms with Crippen LogP contribution >= 0.6 is 0 Å². The maximum Gasteiger partial charge on any atom is 0.0573 e. The Balaban J connectivity index is 0.0000000856. The third-order valence-corrected chi connectivity index (χ3v) is 29.9. The van der Waals surface area contributed by atoms with Crippen molar-refractivity contribution in [2.75, 3.05) is 0 Å². The van der Waals surface area contributed by atoms with Gasteiger partial charge < -0.3 is 22.8 Å². The van der Waals surface area contributed by atoms with Gasteiger partial charge in [0.05, 0.1) is 11.0 Å². The smallest absolute Gasteiger partial charge is 0.0573 e. The fourth-order valence-electron chi connectivity index (χ4n) is 24.4. The largest absolute Gasteiger partial charge is 0.341 e. The van der Waals surface area contributed by atoms with Crippen LogP contribution in [0.4, 0.5) is 0 Å². The van der Waals surface area contributed by atoms with Crippen LogP contribution in [0.2, 0.25) is 0 Å². The van der Waals surface area contributed by atoms with Gasteiger partial charge >= 0.3 is 0 Å². The molecular formula is C125H95N5.